The van der Waals surface area contributed by atoms with Crippen molar-refractivity contribution in [1.29, 1.82) is 0 Å². The van der Waals surface area contributed by atoms with Crippen molar-refractivity contribution in [1.82, 2.24) is 30.4 Å². The highest BCUT2D eigenvalue weighted by atomic mass is 35.5. The minimum atomic E-state index is -1.21. The number of halogens is 2. The number of hydrogen-bond donors (Lipinski definition) is 4. The number of aromatic amines is 1. The molecule has 3 aromatic rings. The van der Waals surface area contributed by atoms with Gasteiger partial charge in [0, 0.05) is 25.5 Å². The lowest BCUT2D eigenvalue weighted by atomic mass is 10.1. The molecule has 1 fully saturated rings. The van der Waals surface area contributed by atoms with Crippen molar-refractivity contribution < 1.29 is 29.4 Å². The Morgan fingerprint density at radius 2 is 1.79 bits per heavy atom. The van der Waals surface area contributed by atoms with Gasteiger partial charge in [0.25, 0.3) is 5.91 Å². The van der Waals surface area contributed by atoms with Crippen LogP contribution in [0.15, 0.2) is 50.1 Å². The molecule has 4 N–H and O–H groups in total. The van der Waals surface area contributed by atoms with Crippen LogP contribution >= 0.6 is 82.0 Å². The molecule has 0 aliphatic carbocycles. The molecule has 0 spiro atoms. The molecular formula is C23H18Cl2N6O6S5. The third kappa shape index (κ3) is 6.76. The van der Waals surface area contributed by atoms with Gasteiger partial charge in [0.05, 0.1) is 33.1 Å². The van der Waals surface area contributed by atoms with Crippen LogP contribution < -0.4 is 5.32 Å². The van der Waals surface area contributed by atoms with E-state index in [1.165, 1.54) is 46.5 Å². The number of carbonyl (C=O) groups is 4. The van der Waals surface area contributed by atoms with Crippen LogP contribution in [0.25, 0.3) is 11.0 Å². The molecule has 0 unspecified atom stereocenters. The molecule has 0 radical (unpaired) electrons. The molecule has 0 bridgehead atoms. The number of nitrogens with zero attached hydrogens (tertiary/aromatic N) is 4. The van der Waals surface area contributed by atoms with Gasteiger partial charge in [-0.2, -0.15) is 5.10 Å². The van der Waals surface area contributed by atoms with E-state index >= 15 is 0 Å². The minimum absolute atomic E-state index is 0.0637. The number of aliphatic carboxylic acids is 2. The number of carboxylic acid groups (broad SMARTS) is 2. The van der Waals surface area contributed by atoms with Gasteiger partial charge in [0.2, 0.25) is 5.91 Å². The molecule has 1 saturated heterocycles. The number of benzene rings is 1. The van der Waals surface area contributed by atoms with Crippen molar-refractivity contribution in [2.45, 2.75) is 26.2 Å². The average molecular weight is 706 g/mol. The molecule has 2 aliphatic rings. The Kier molecular flexibility index (Phi) is 10.1. The first-order valence-electron chi connectivity index (χ1n) is 11.7. The van der Waals surface area contributed by atoms with Crippen LogP contribution in [0.5, 0.6) is 0 Å². The zero-order valence-electron chi connectivity index (χ0n) is 20.9. The number of H-pyrrole nitrogens is 1. The maximum atomic E-state index is 13.0. The topological polar surface area (TPSA) is 178 Å². The van der Waals surface area contributed by atoms with Crippen LogP contribution in [0.2, 0.25) is 10.0 Å². The summed E-state index contributed by atoms with van der Waals surface area (Å²) in [5.74, 6) is -2.99. The molecule has 2 amide bonds. The van der Waals surface area contributed by atoms with E-state index in [2.05, 4.69) is 25.5 Å². The van der Waals surface area contributed by atoms with Gasteiger partial charge in [-0.05, 0) is 12.1 Å². The highest BCUT2D eigenvalue weighted by molar-refractivity contribution is 8.18. The van der Waals surface area contributed by atoms with Crippen LogP contribution in [0.3, 0.4) is 0 Å². The summed E-state index contributed by atoms with van der Waals surface area (Å²) < 4.78 is 0. The fourth-order valence-electron chi connectivity index (χ4n) is 3.95. The lowest BCUT2D eigenvalue weighted by Gasteiger charge is -2.49. The number of amides is 2. The van der Waals surface area contributed by atoms with Crippen molar-refractivity contribution in [3.05, 3.63) is 45.3 Å². The number of carboxylic acids is 2. The quantitative estimate of drug-likeness (QED) is 0.0916. The summed E-state index contributed by atoms with van der Waals surface area (Å²) in [6.07, 6.45) is 3.05. The Labute approximate surface area is 268 Å². The molecule has 12 nitrogen and oxygen atoms in total. The lowest BCUT2D eigenvalue weighted by molar-refractivity contribution is -0.150. The fraction of sp³-hybridized carbons (Fsp3) is 0.261. The predicted octanol–water partition coefficient (Wildman–Crippen LogP) is 4.11. The van der Waals surface area contributed by atoms with Crippen LogP contribution in [-0.4, -0.2) is 92.8 Å². The Morgan fingerprint density at radius 3 is 2.48 bits per heavy atom. The minimum Gasteiger partial charge on any atom is -0.481 e. The number of nitrogens with one attached hydrogen (secondary N) is 2. The molecule has 2 atom stereocenters. The predicted molar refractivity (Wildman–Crippen MR) is 165 cm³/mol. The Hall–Kier alpha value is -2.28. The molecule has 42 heavy (non-hydrogen) atoms. The molecular weight excluding hydrogens is 688 g/mol. The van der Waals surface area contributed by atoms with Gasteiger partial charge in [0.15, 0.2) is 5.65 Å². The van der Waals surface area contributed by atoms with E-state index in [9.17, 15) is 24.3 Å². The highest BCUT2D eigenvalue weighted by Crippen LogP contribution is 2.44. The summed E-state index contributed by atoms with van der Waals surface area (Å²) in [7, 11) is 0. The summed E-state index contributed by atoms with van der Waals surface area (Å²) >= 11 is 18.8. The summed E-state index contributed by atoms with van der Waals surface area (Å²) in [5.41, 5.74) is 0.529. The third-order valence-corrected chi connectivity index (χ3v) is 12.4. The van der Waals surface area contributed by atoms with Gasteiger partial charge in [-0.15, -0.1) is 47.0 Å². The van der Waals surface area contributed by atoms with E-state index in [0.717, 1.165) is 28.9 Å². The summed E-state index contributed by atoms with van der Waals surface area (Å²) in [6.45, 7) is 0. The number of carbonyl (C=O) groups excluding carboxylic acids is 2. The number of rotatable bonds is 12. The molecule has 2 aromatic heterocycles. The van der Waals surface area contributed by atoms with Gasteiger partial charge in [-0.1, -0.05) is 35.0 Å². The molecule has 0 saturated carbocycles. The SMILES string of the molecule is O=C(O)CSc1cc(Cl)c(SCC(=O)N[C@@H]2C(=O)N3C(C(=O)O)=C(SCSc4ncnc5[nH]ncc45)CS[C@H]23)cc1Cl. The first kappa shape index (κ1) is 31.2. The Morgan fingerprint density at radius 1 is 1.07 bits per heavy atom. The number of β-lactam (4-membered cyclic amide) rings is 1. The second-order valence-corrected chi connectivity index (χ2v) is 14.8. The van der Waals surface area contributed by atoms with Gasteiger partial charge in [0.1, 0.15) is 28.5 Å². The zero-order chi connectivity index (χ0) is 30.0. The summed E-state index contributed by atoms with van der Waals surface area (Å²) in [6, 6.07) is 2.24. The maximum Gasteiger partial charge on any atom is 0.353 e. The van der Waals surface area contributed by atoms with E-state index < -0.39 is 35.2 Å². The monoisotopic (exact) mass is 704 g/mol. The second kappa shape index (κ2) is 13.6. The molecule has 4 heterocycles. The van der Waals surface area contributed by atoms with Crippen LogP contribution in [-0.2, 0) is 19.2 Å². The second-order valence-electron chi connectivity index (χ2n) is 8.43. The van der Waals surface area contributed by atoms with Crippen LogP contribution in [0, 0.1) is 0 Å². The van der Waals surface area contributed by atoms with E-state index in [4.69, 9.17) is 28.3 Å². The van der Waals surface area contributed by atoms with Gasteiger partial charge in [-0.3, -0.25) is 24.4 Å². The molecule has 5 rings (SSSR count). The number of hydrogen-bond acceptors (Lipinski definition) is 12. The largest absolute Gasteiger partial charge is 0.481 e. The molecule has 1 aromatic carbocycles. The number of thioether (sulfide) groups is 5. The first-order valence-corrected chi connectivity index (χ1v) is 17.4. The van der Waals surface area contributed by atoms with Crippen molar-refractivity contribution in [2.24, 2.45) is 0 Å². The normalized spacial score (nSPS) is 18.1. The van der Waals surface area contributed by atoms with Gasteiger partial charge < -0.3 is 15.5 Å². The van der Waals surface area contributed by atoms with Crippen LogP contribution in [0.1, 0.15) is 0 Å². The maximum absolute atomic E-state index is 13.0. The Bertz CT molecular complexity index is 1620. The molecule has 220 valence electrons. The summed E-state index contributed by atoms with van der Waals surface area (Å²) in [5, 5.41) is 30.2. The number of fused-ring (bicyclic) bond motifs is 2. The molecule has 2 aliphatic heterocycles. The van der Waals surface area contributed by atoms with E-state index in [1.54, 1.807) is 18.3 Å². The van der Waals surface area contributed by atoms with Gasteiger partial charge >= 0.3 is 11.9 Å². The van der Waals surface area contributed by atoms with Crippen molar-refractivity contribution in [2.75, 3.05) is 22.3 Å². The first-order chi connectivity index (χ1) is 20.1. The molecule has 19 heteroatoms. The van der Waals surface area contributed by atoms with E-state index in [-0.39, 0.29) is 17.2 Å². The van der Waals surface area contributed by atoms with Crippen LogP contribution in [0.4, 0.5) is 0 Å². The highest BCUT2D eigenvalue weighted by Gasteiger charge is 2.54. The average Bonchev–Trinajstić information content (AvgIpc) is 3.44. The van der Waals surface area contributed by atoms with Gasteiger partial charge in [-0.25, -0.2) is 14.8 Å². The number of aromatic nitrogens is 4. The van der Waals surface area contributed by atoms with E-state index in [1.807, 2.05) is 0 Å². The zero-order valence-corrected chi connectivity index (χ0v) is 26.5. The smallest absolute Gasteiger partial charge is 0.353 e. The third-order valence-electron chi connectivity index (χ3n) is 5.79. The summed E-state index contributed by atoms with van der Waals surface area (Å²) in [4.78, 5) is 59.8. The van der Waals surface area contributed by atoms with Crippen molar-refractivity contribution >= 4 is 117 Å². The van der Waals surface area contributed by atoms with E-state index in [0.29, 0.717) is 46.3 Å². The lowest BCUT2D eigenvalue weighted by Crippen LogP contribution is -2.70. The standard InChI is InChI=1S/C23H18Cl2N6O6S5/c24-10-2-13(39-6-16(33)34)11(25)1-12(10)38-5-15(32)29-17-21(35)31-18(23(36)37)14(4-40-22(17)31)41-8-42-20-9-3-28-30-19(9)26-7-27-20/h1-3,7,17,22H,4-6,8H2,(H,29,32)(H,33,34)(H,36,37)(H,26,27,28,30)/t17-,22-/m1/s1. The Balaban J connectivity index is 1.17. The van der Waals surface area contributed by atoms with Crippen molar-refractivity contribution in [3.8, 4) is 0 Å². The van der Waals surface area contributed by atoms with Crippen molar-refractivity contribution in [3.63, 3.8) is 0 Å². The fourth-order valence-corrected chi connectivity index (χ4v) is 9.91.